The Morgan fingerprint density at radius 2 is 1.68 bits per heavy atom. The molecule has 1 amide bonds. The van der Waals surface area contributed by atoms with Crippen LogP contribution in [0.5, 0.6) is 0 Å². The molecule has 2 aromatic carbocycles. The van der Waals surface area contributed by atoms with Crippen LogP contribution in [0.3, 0.4) is 0 Å². The molecule has 0 aliphatic carbocycles. The van der Waals surface area contributed by atoms with Crippen LogP contribution >= 0.6 is 0 Å². The number of morpholine rings is 1. The third-order valence-corrected chi connectivity index (χ3v) is 5.24. The van der Waals surface area contributed by atoms with Crippen LogP contribution in [0, 0.1) is 0 Å². The van der Waals surface area contributed by atoms with Gasteiger partial charge in [0.15, 0.2) is 0 Å². The second-order valence-corrected chi connectivity index (χ2v) is 7.84. The summed E-state index contributed by atoms with van der Waals surface area (Å²) < 4.78 is 48.8. The van der Waals surface area contributed by atoms with Crippen molar-refractivity contribution in [3.8, 4) is 0 Å². The van der Waals surface area contributed by atoms with Crippen LogP contribution in [0.1, 0.15) is 18.1 Å². The van der Waals surface area contributed by atoms with Gasteiger partial charge in [-0.05, 0) is 48.9 Å². The monoisotopic (exact) mass is 479 g/mol. The highest BCUT2D eigenvalue weighted by molar-refractivity contribution is 5.92. The average molecular weight is 479 g/mol. The zero-order valence-corrected chi connectivity index (χ0v) is 18.9. The van der Waals surface area contributed by atoms with Gasteiger partial charge in [0.1, 0.15) is 0 Å². The summed E-state index contributed by atoms with van der Waals surface area (Å²) in [4.78, 5) is 28.4. The molecule has 184 valence electrons. The maximum Gasteiger partial charge on any atom is 0.416 e. The van der Waals surface area contributed by atoms with Gasteiger partial charge >= 0.3 is 12.1 Å². The van der Waals surface area contributed by atoms with Crippen molar-refractivity contribution in [2.45, 2.75) is 19.6 Å². The summed E-state index contributed by atoms with van der Waals surface area (Å²) in [6, 6.07) is 12.1. The van der Waals surface area contributed by atoms with Crippen LogP contribution < -0.4 is 10.2 Å². The Morgan fingerprint density at radius 3 is 2.26 bits per heavy atom. The van der Waals surface area contributed by atoms with Crippen molar-refractivity contribution in [1.82, 2.24) is 4.90 Å². The predicted molar refractivity (Wildman–Crippen MR) is 121 cm³/mol. The van der Waals surface area contributed by atoms with E-state index >= 15 is 0 Å². The second-order valence-electron chi connectivity index (χ2n) is 7.84. The van der Waals surface area contributed by atoms with E-state index in [9.17, 15) is 22.8 Å². The molecule has 2 aromatic rings. The summed E-state index contributed by atoms with van der Waals surface area (Å²) in [7, 11) is 0. The third-order valence-electron chi connectivity index (χ3n) is 5.24. The van der Waals surface area contributed by atoms with Gasteiger partial charge in [0.2, 0.25) is 5.91 Å². The summed E-state index contributed by atoms with van der Waals surface area (Å²) in [5.74, 6) is -0.868. The van der Waals surface area contributed by atoms with Crippen molar-refractivity contribution in [2.75, 3.05) is 56.2 Å². The van der Waals surface area contributed by atoms with E-state index in [2.05, 4.69) is 10.2 Å². The summed E-state index contributed by atoms with van der Waals surface area (Å²) in [6.07, 6.45) is -4.43. The molecular formula is C24H28F3N3O4. The highest BCUT2D eigenvalue weighted by Gasteiger charge is 2.30. The fraction of sp³-hybridized carbons (Fsp3) is 0.417. The summed E-state index contributed by atoms with van der Waals surface area (Å²) >= 11 is 0. The maximum absolute atomic E-state index is 12.8. The van der Waals surface area contributed by atoms with Crippen molar-refractivity contribution in [3.63, 3.8) is 0 Å². The summed E-state index contributed by atoms with van der Waals surface area (Å²) in [5, 5.41) is 2.80. The zero-order chi connectivity index (χ0) is 24.6. The molecule has 1 N–H and O–H groups in total. The van der Waals surface area contributed by atoms with Gasteiger partial charge in [0.25, 0.3) is 0 Å². The molecule has 0 saturated carbocycles. The zero-order valence-electron chi connectivity index (χ0n) is 18.9. The van der Waals surface area contributed by atoms with Crippen molar-refractivity contribution in [2.24, 2.45) is 0 Å². The Morgan fingerprint density at radius 1 is 1.03 bits per heavy atom. The quantitative estimate of drug-likeness (QED) is 0.555. The van der Waals surface area contributed by atoms with E-state index in [0.29, 0.717) is 24.5 Å². The molecule has 1 aliphatic rings. The topological polar surface area (TPSA) is 71.1 Å². The lowest BCUT2D eigenvalue weighted by atomic mass is 10.1. The molecule has 0 spiro atoms. The van der Waals surface area contributed by atoms with Crippen LogP contribution in [0.4, 0.5) is 24.5 Å². The first kappa shape index (κ1) is 25.5. The van der Waals surface area contributed by atoms with E-state index in [1.54, 1.807) is 19.1 Å². The van der Waals surface area contributed by atoms with Gasteiger partial charge in [0, 0.05) is 31.0 Å². The van der Waals surface area contributed by atoms with Gasteiger partial charge in [-0.25, -0.2) is 0 Å². The van der Waals surface area contributed by atoms with Gasteiger partial charge in [0.05, 0.1) is 38.5 Å². The summed E-state index contributed by atoms with van der Waals surface area (Å²) in [6.45, 7) is 4.63. The molecule has 0 bridgehead atoms. The Kier molecular flexibility index (Phi) is 8.89. The molecule has 10 heteroatoms. The van der Waals surface area contributed by atoms with Gasteiger partial charge in [-0.1, -0.05) is 12.1 Å². The number of esters is 1. The van der Waals surface area contributed by atoms with E-state index in [1.165, 1.54) is 17.0 Å². The fourth-order valence-electron chi connectivity index (χ4n) is 3.59. The number of halogens is 3. The molecule has 1 fully saturated rings. The van der Waals surface area contributed by atoms with Crippen LogP contribution in [-0.4, -0.2) is 62.8 Å². The number of anilines is 2. The number of hydrogen-bond acceptors (Lipinski definition) is 6. The average Bonchev–Trinajstić information content (AvgIpc) is 2.80. The second kappa shape index (κ2) is 11.8. The van der Waals surface area contributed by atoms with Gasteiger partial charge < -0.3 is 19.7 Å². The minimum Gasteiger partial charge on any atom is -0.465 e. The molecule has 0 aromatic heterocycles. The largest absolute Gasteiger partial charge is 0.465 e. The molecule has 0 radical (unpaired) electrons. The Hall–Kier alpha value is -3.11. The Balaban J connectivity index is 1.61. The number of alkyl halides is 3. The van der Waals surface area contributed by atoms with E-state index in [1.807, 2.05) is 12.1 Å². The van der Waals surface area contributed by atoms with Crippen molar-refractivity contribution in [3.05, 3.63) is 59.7 Å². The number of carbonyl (C=O) groups excluding carboxylic acids is 2. The van der Waals surface area contributed by atoms with Gasteiger partial charge in [-0.15, -0.1) is 0 Å². The molecule has 1 aliphatic heterocycles. The Bertz CT molecular complexity index is 943. The number of nitrogens with one attached hydrogen (secondary N) is 1. The number of ether oxygens (including phenoxy) is 2. The van der Waals surface area contributed by atoms with Crippen LogP contribution in [0.15, 0.2) is 48.5 Å². The number of nitrogens with zero attached hydrogens (tertiary/aromatic N) is 2. The van der Waals surface area contributed by atoms with Gasteiger partial charge in [-0.3, -0.25) is 14.5 Å². The van der Waals surface area contributed by atoms with Crippen LogP contribution in [-0.2, 0) is 31.8 Å². The van der Waals surface area contributed by atoms with E-state index in [4.69, 9.17) is 9.47 Å². The highest BCUT2D eigenvalue weighted by Crippen LogP contribution is 2.29. The van der Waals surface area contributed by atoms with E-state index in [0.717, 1.165) is 30.9 Å². The molecule has 34 heavy (non-hydrogen) atoms. The lowest BCUT2D eigenvalue weighted by molar-refractivity contribution is -0.144. The fourth-order valence-corrected chi connectivity index (χ4v) is 3.59. The molecule has 0 unspecified atom stereocenters. The van der Waals surface area contributed by atoms with Crippen molar-refractivity contribution < 1.29 is 32.2 Å². The summed E-state index contributed by atoms with van der Waals surface area (Å²) in [5.41, 5.74) is 1.42. The molecule has 7 nitrogen and oxygen atoms in total. The number of benzene rings is 2. The maximum atomic E-state index is 12.8. The van der Waals surface area contributed by atoms with Crippen LogP contribution in [0.25, 0.3) is 0 Å². The van der Waals surface area contributed by atoms with Gasteiger partial charge in [-0.2, -0.15) is 13.2 Å². The van der Waals surface area contributed by atoms with E-state index in [-0.39, 0.29) is 32.1 Å². The lowest BCUT2D eigenvalue weighted by Gasteiger charge is -2.29. The minimum absolute atomic E-state index is 0.111. The van der Waals surface area contributed by atoms with Crippen LogP contribution in [0.2, 0.25) is 0 Å². The molecule has 1 saturated heterocycles. The first-order valence-corrected chi connectivity index (χ1v) is 11.0. The SMILES string of the molecule is CCOC(=O)CN(CC(=O)Nc1ccc(N2CCOCC2)cc1)Cc1ccc(C(F)(F)F)cc1. The third kappa shape index (κ3) is 7.74. The molecule has 1 heterocycles. The smallest absolute Gasteiger partial charge is 0.416 e. The first-order chi connectivity index (χ1) is 16.2. The number of amides is 1. The number of carbonyl (C=O) groups is 2. The standard InChI is InChI=1S/C24H28F3N3O4/c1-2-34-23(32)17-29(15-18-3-5-19(6-4-18)24(25,26)27)16-22(31)28-20-7-9-21(10-8-20)30-11-13-33-14-12-30/h3-10H,2,11-17H2,1H3,(H,28,31). The lowest BCUT2D eigenvalue weighted by Crippen LogP contribution is -2.37. The highest BCUT2D eigenvalue weighted by atomic mass is 19.4. The molecule has 0 atom stereocenters. The number of rotatable bonds is 9. The van der Waals surface area contributed by atoms with Crippen molar-refractivity contribution >= 4 is 23.3 Å². The molecule has 3 rings (SSSR count). The Labute approximate surface area is 196 Å². The first-order valence-electron chi connectivity index (χ1n) is 11.0. The molecular weight excluding hydrogens is 451 g/mol. The normalized spacial score (nSPS) is 14.2. The van der Waals surface area contributed by atoms with E-state index < -0.39 is 17.7 Å². The minimum atomic E-state index is -4.43. The predicted octanol–water partition coefficient (Wildman–Crippen LogP) is 3.55. The van der Waals surface area contributed by atoms with Crippen molar-refractivity contribution in [1.29, 1.82) is 0 Å². The number of hydrogen-bond donors (Lipinski definition) is 1.